The maximum atomic E-state index is 13.6. The summed E-state index contributed by atoms with van der Waals surface area (Å²) < 4.78 is 24.1. The van der Waals surface area contributed by atoms with Crippen LogP contribution in [0.4, 0.5) is 15.3 Å². The normalized spacial score (nSPS) is 38.1. The number of allylic oxidation sites excluding steroid dienone is 4. The van der Waals surface area contributed by atoms with Crippen molar-refractivity contribution in [3.8, 4) is 11.8 Å². The van der Waals surface area contributed by atoms with Crippen molar-refractivity contribution in [2.75, 3.05) is 38.3 Å². The van der Waals surface area contributed by atoms with Crippen molar-refractivity contribution >= 4 is 29.7 Å². The van der Waals surface area contributed by atoms with Crippen LogP contribution in [0.2, 0.25) is 0 Å². The number of likely N-dealkylation sites (N-methyl/N-ethyl adjacent to an activating group) is 1. The molecule has 1 amide bonds. The first-order valence-electron chi connectivity index (χ1n) is 28.8. The topological polar surface area (TPSA) is 181 Å². The third kappa shape index (κ3) is 10.6. The van der Waals surface area contributed by atoms with E-state index >= 15 is 0 Å². The van der Waals surface area contributed by atoms with Crippen LogP contribution in [-0.2, 0) is 28.5 Å². The van der Waals surface area contributed by atoms with E-state index in [1.54, 1.807) is 20.8 Å². The molecule has 0 bridgehead atoms. The second kappa shape index (κ2) is 21.5. The van der Waals surface area contributed by atoms with Gasteiger partial charge in [-0.25, -0.2) is 9.59 Å². The predicted octanol–water partition coefficient (Wildman–Crippen LogP) is 10.9. The minimum absolute atomic E-state index is 0.00868. The summed E-state index contributed by atoms with van der Waals surface area (Å²) in [6, 6.07) is 9.00. The number of hydrogen-bond acceptors (Lipinski definition) is 11. The van der Waals surface area contributed by atoms with Crippen molar-refractivity contribution in [3.63, 3.8) is 0 Å². The number of nitrogens with one attached hydrogen (secondary N) is 1. The average Bonchev–Trinajstić information content (AvgIpc) is 3.85. The number of ether oxygens (including phenoxy) is 4. The largest absolute Gasteiger partial charge is 0.508 e. The Kier molecular flexibility index (Phi) is 15.8. The molecule has 13 heteroatoms. The number of fused-ring (bicyclic) bond motifs is 9. The minimum Gasteiger partial charge on any atom is -0.481 e. The summed E-state index contributed by atoms with van der Waals surface area (Å²) in [5.41, 5.74) is 3.95. The molecule has 6 fully saturated rings. The first kappa shape index (κ1) is 55.4. The van der Waals surface area contributed by atoms with Gasteiger partial charge < -0.3 is 44.5 Å². The van der Waals surface area contributed by atoms with Gasteiger partial charge in [0.15, 0.2) is 5.78 Å². The molecular formula is C62H88N2O11. The maximum Gasteiger partial charge on any atom is 0.508 e. The zero-order valence-corrected chi connectivity index (χ0v) is 46.5. The number of carboxylic acid groups (broad SMARTS) is 1. The Hall–Kier alpha value is -4.38. The van der Waals surface area contributed by atoms with E-state index in [0.717, 1.165) is 69.9 Å². The van der Waals surface area contributed by atoms with E-state index in [4.69, 9.17) is 18.9 Å². The molecular weight excluding hydrogens is 949 g/mol. The highest BCUT2D eigenvalue weighted by Crippen LogP contribution is 2.70. The van der Waals surface area contributed by atoms with Crippen LogP contribution < -0.4 is 10.2 Å². The quantitative estimate of drug-likeness (QED) is 0.0788. The summed E-state index contributed by atoms with van der Waals surface area (Å²) >= 11 is 0. The van der Waals surface area contributed by atoms with Crippen LogP contribution in [0.1, 0.15) is 170 Å². The number of nitrogens with zero attached hydrogens (tertiary/aromatic N) is 1. The number of carbonyl (C=O) groups excluding carboxylic acids is 3. The van der Waals surface area contributed by atoms with Gasteiger partial charge in [-0.15, -0.1) is 5.92 Å². The van der Waals surface area contributed by atoms with Crippen molar-refractivity contribution in [3.05, 3.63) is 52.6 Å². The summed E-state index contributed by atoms with van der Waals surface area (Å²) in [6.07, 6.45) is 11.8. The van der Waals surface area contributed by atoms with E-state index in [2.05, 4.69) is 81.1 Å². The molecule has 8 aliphatic rings. The molecule has 412 valence electrons. The molecule has 0 unspecified atom stereocenters. The Bertz CT molecular complexity index is 2450. The van der Waals surface area contributed by atoms with Crippen LogP contribution in [-0.4, -0.2) is 102 Å². The molecule has 9 rings (SSSR count). The molecule has 1 aromatic carbocycles. The Morgan fingerprint density at radius 3 is 2.41 bits per heavy atom. The van der Waals surface area contributed by atoms with Crippen LogP contribution in [0, 0.1) is 75.4 Å². The Morgan fingerprint density at radius 2 is 1.69 bits per heavy atom. The number of benzene rings is 1. The molecule has 0 saturated heterocycles. The second-order valence-corrected chi connectivity index (χ2v) is 26.2. The van der Waals surface area contributed by atoms with Crippen LogP contribution in [0.15, 0.2) is 47.1 Å². The first-order chi connectivity index (χ1) is 35.5. The van der Waals surface area contributed by atoms with Gasteiger partial charge in [0.05, 0.1) is 25.4 Å². The molecule has 75 heavy (non-hydrogen) atoms. The number of aliphatic hydroxyl groups excluding tert-OH is 1. The zero-order valence-electron chi connectivity index (χ0n) is 46.5. The van der Waals surface area contributed by atoms with Gasteiger partial charge in [0, 0.05) is 49.4 Å². The monoisotopic (exact) mass is 1040 g/mol. The van der Waals surface area contributed by atoms with E-state index in [1.807, 2.05) is 13.0 Å². The molecule has 4 N–H and O–H groups in total. The molecule has 0 aromatic heterocycles. The third-order valence-electron chi connectivity index (χ3n) is 21.3. The highest BCUT2D eigenvalue weighted by Gasteiger charge is 2.67. The molecule has 8 aliphatic carbocycles. The highest BCUT2D eigenvalue weighted by atomic mass is 16.7. The summed E-state index contributed by atoms with van der Waals surface area (Å²) in [6.45, 7) is 17.5. The fourth-order valence-corrected chi connectivity index (χ4v) is 17.5. The lowest BCUT2D eigenvalue weighted by Gasteiger charge is -2.64. The summed E-state index contributed by atoms with van der Waals surface area (Å²) in [4.78, 5) is 52.3. The molecule has 1 aromatic rings. The van der Waals surface area contributed by atoms with Gasteiger partial charge in [-0.1, -0.05) is 51.3 Å². The Morgan fingerprint density at radius 1 is 0.933 bits per heavy atom. The molecule has 6 saturated carbocycles. The number of hydrogen-bond donors (Lipinski definition) is 4. The van der Waals surface area contributed by atoms with Crippen LogP contribution in [0.3, 0.4) is 0 Å². The van der Waals surface area contributed by atoms with Gasteiger partial charge in [0.1, 0.15) is 23.9 Å². The number of alkyl carbamates (subject to hydrolysis) is 1. The summed E-state index contributed by atoms with van der Waals surface area (Å²) in [7, 11) is 2.11. The number of aliphatic carboxylic acids is 1. The minimum atomic E-state index is -1.02. The van der Waals surface area contributed by atoms with E-state index in [9.17, 15) is 34.5 Å². The number of ketones is 1. The molecule has 13 nitrogen and oxygen atoms in total. The maximum absolute atomic E-state index is 13.6. The van der Waals surface area contributed by atoms with Crippen LogP contribution in [0.25, 0.3) is 0 Å². The zero-order chi connectivity index (χ0) is 53.8. The van der Waals surface area contributed by atoms with Gasteiger partial charge in [0.25, 0.3) is 0 Å². The van der Waals surface area contributed by atoms with Gasteiger partial charge in [0.2, 0.25) is 0 Å². The lowest BCUT2D eigenvalue weighted by Crippen LogP contribution is -2.63. The lowest BCUT2D eigenvalue weighted by molar-refractivity contribution is -0.211. The standard InChI is InChI=1S/C62H88N2O11/c1-10-25-62(71)27-24-48-45-18-14-39-32-42(65)17-19-44(39)54(45)46(36-60(48,62)7)38-12-15-41(16-13-38)64(9)29-31-72-43-23-26-59(6)40(33-43)34-51(74-57(70)73-30-28-63-56(69)75-58(3,4)5)55-49-21-20-47(37(2)11-22-53(67)68)61(49,8)52(66)35-50(55)59/h12-13,15-16,32,37,40,43,45-52,55,66,71H,11,14,17-24,26-31,33-36H2,1-9H3,(H,63,69)(H,67,68)/t37-,40+,43+,45+,46-,47-,48+,49+,50+,51-,52+,55+,59+,60+,61-,62-/m1/s1. The summed E-state index contributed by atoms with van der Waals surface area (Å²) in [5.74, 6) is 7.33. The number of anilines is 1. The van der Waals surface area contributed by atoms with Gasteiger partial charge in [-0.05, 0) is 205 Å². The number of aliphatic hydroxyl groups is 2. The van der Waals surface area contributed by atoms with E-state index in [-0.39, 0.29) is 83.7 Å². The van der Waals surface area contributed by atoms with Crippen molar-refractivity contribution in [1.82, 2.24) is 5.32 Å². The predicted molar refractivity (Wildman–Crippen MR) is 287 cm³/mol. The lowest BCUT2D eigenvalue weighted by atomic mass is 9.43. The van der Waals surface area contributed by atoms with Crippen molar-refractivity contribution in [1.29, 1.82) is 0 Å². The number of carboxylic acids is 1. The number of carbonyl (C=O) groups is 4. The second-order valence-electron chi connectivity index (χ2n) is 26.2. The molecule has 16 atom stereocenters. The Balaban J connectivity index is 0.867. The molecule has 0 aliphatic heterocycles. The van der Waals surface area contributed by atoms with Crippen molar-refractivity contribution in [2.45, 2.75) is 194 Å². The Labute approximate surface area is 446 Å². The highest BCUT2D eigenvalue weighted by molar-refractivity contribution is 5.93. The molecule has 0 radical (unpaired) electrons. The van der Waals surface area contributed by atoms with E-state index < -0.39 is 47.0 Å². The molecule has 0 spiro atoms. The van der Waals surface area contributed by atoms with Crippen LogP contribution in [0.5, 0.6) is 0 Å². The average molecular weight is 1040 g/mol. The number of rotatable bonds is 14. The SMILES string of the molecule is CC#C[C@@]1(O)CC[C@H]2[C@@H]3CCC4=CC(=O)CCC4=C3[C@@H](c3ccc(N(C)CCO[C@H]4CC[C@@]5(C)[C@@H](C4)C[C@@H](OC(=O)OCCNC(=O)OC(C)(C)C)[C@@H]4[C@@H]5C[C@H](O)[C@]5(C)[C@@H]([C@H](C)CCC(=O)O)CC[C@@H]45)cc3)C[C@@]21C. The fourth-order valence-electron chi connectivity index (χ4n) is 17.5. The van der Waals surface area contributed by atoms with Gasteiger partial charge in [-0.3, -0.25) is 9.59 Å². The van der Waals surface area contributed by atoms with Gasteiger partial charge >= 0.3 is 18.2 Å². The first-order valence-corrected chi connectivity index (χ1v) is 28.8. The van der Waals surface area contributed by atoms with Gasteiger partial charge in [-0.2, -0.15) is 0 Å². The van der Waals surface area contributed by atoms with Crippen molar-refractivity contribution in [2.24, 2.45) is 63.6 Å². The van der Waals surface area contributed by atoms with E-state index in [0.29, 0.717) is 57.1 Å². The van der Waals surface area contributed by atoms with Crippen molar-refractivity contribution < 1.29 is 53.4 Å². The van der Waals surface area contributed by atoms with E-state index in [1.165, 1.54) is 22.3 Å². The van der Waals surface area contributed by atoms with Crippen LogP contribution >= 0.6 is 0 Å². The fraction of sp³-hybridized carbons (Fsp3) is 0.742. The molecule has 0 heterocycles. The number of amides is 1. The third-order valence-corrected chi connectivity index (χ3v) is 21.3. The summed E-state index contributed by atoms with van der Waals surface area (Å²) in [5, 5.41) is 36.7. The smallest absolute Gasteiger partial charge is 0.481 e.